The normalized spacial score (nSPS) is 26.2. The van der Waals surface area contributed by atoms with Crippen LogP contribution in [0, 0.1) is 17.2 Å². The van der Waals surface area contributed by atoms with E-state index in [4.69, 9.17) is 0 Å². The molecule has 2 amide bonds. The van der Waals surface area contributed by atoms with Crippen molar-refractivity contribution in [1.29, 1.82) is 0 Å². The monoisotopic (exact) mass is 442 g/mol. The SMILES string of the molecule is CN1C(=O)C2(CCN(C(=O)C3CC3)CC2)C[C@@H]1CCN1CCN(c2ccc(F)cc2)CC1. The first-order chi connectivity index (χ1) is 15.4. The molecule has 1 aromatic carbocycles. The third kappa shape index (κ3) is 4.24. The van der Waals surface area contributed by atoms with E-state index in [9.17, 15) is 14.0 Å². The average molecular weight is 443 g/mol. The second-order valence-corrected chi connectivity index (χ2v) is 10.2. The van der Waals surface area contributed by atoms with E-state index in [0.29, 0.717) is 17.9 Å². The van der Waals surface area contributed by atoms with Gasteiger partial charge in [-0.05, 0) is 62.8 Å². The maximum Gasteiger partial charge on any atom is 0.228 e. The Bertz CT molecular complexity index is 840. The fraction of sp³-hybridized carbons (Fsp3) is 0.680. The molecule has 1 aliphatic carbocycles. The van der Waals surface area contributed by atoms with Gasteiger partial charge >= 0.3 is 0 Å². The van der Waals surface area contributed by atoms with Crippen molar-refractivity contribution in [3.8, 4) is 0 Å². The molecule has 1 saturated carbocycles. The Labute approximate surface area is 190 Å². The molecule has 0 aromatic heterocycles. The first-order valence-corrected chi connectivity index (χ1v) is 12.2. The summed E-state index contributed by atoms with van der Waals surface area (Å²) in [6.07, 6.45) is 5.67. The van der Waals surface area contributed by atoms with Crippen molar-refractivity contribution in [2.24, 2.45) is 11.3 Å². The zero-order valence-corrected chi connectivity index (χ0v) is 19.1. The molecule has 4 fully saturated rings. The average Bonchev–Trinajstić information content (AvgIpc) is 3.64. The van der Waals surface area contributed by atoms with E-state index in [1.165, 1.54) is 12.1 Å². The molecule has 0 radical (unpaired) electrons. The Morgan fingerprint density at radius 3 is 2.31 bits per heavy atom. The minimum Gasteiger partial charge on any atom is -0.369 e. The molecule has 3 aliphatic heterocycles. The van der Waals surface area contributed by atoms with Crippen LogP contribution in [0.2, 0.25) is 0 Å². The topological polar surface area (TPSA) is 47.1 Å². The molecule has 6 nitrogen and oxygen atoms in total. The van der Waals surface area contributed by atoms with Crippen molar-refractivity contribution in [2.75, 3.05) is 57.8 Å². The van der Waals surface area contributed by atoms with Gasteiger partial charge in [0.15, 0.2) is 0 Å². The summed E-state index contributed by atoms with van der Waals surface area (Å²) in [5, 5.41) is 0. The van der Waals surface area contributed by atoms with Gasteiger partial charge in [0.05, 0.1) is 5.41 Å². The van der Waals surface area contributed by atoms with Crippen molar-refractivity contribution >= 4 is 17.5 Å². The lowest BCUT2D eigenvalue weighted by Crippen LogP contribution is -2.47. The highest BCUT2D eigenvalue weighted by Crippen LogP contribution is 2.45. The number of piperidine rings is 1. The lowest BCUT2D eigenvalue weighted by molar-refractivity contribution is -0.142. The van der Waals surface area contributed by atoms with Crippen LogP contribution in [-0.4, -0.2) is 85.4 Å². The fourth-order valence-corrected chi connectivity index (χ4v) is 5.89. The Morgan fingerprint density at radius 1 is 1.03 bits per heavy atom. The summed E-state index contributed by atoms with van der Waals surface area (Å²) in [5.74, 6) is 0.681. The minimum absolute atomic E-state index is 0.194. The van der Waals surface area contributed by atoms with Gasteiger partial charge in [-0.15, -0.1) is 0 Å². The zero-order chi connectivity index (χ0) is 22.3. The van der Waals surface area contributed by atoms with E-state index < -0.39 is 0 Å². The van der Waals surface area contributed by atoms with Crippen LogP contribution in [0.4, 0.5) is 10.1 Å². The van der Waals surface area contributed by atoms with E-state index in [-0.39, 0.29) is 17.2 Å². The first kappa shape index (κ1) is 21.7. The standard InChI is InChI=1S/C25H35FN4O2/c1-27-22(8-11-28-14-16-29(17-15-28)21-6-4-20(26)5-7-21)18-25(24(27)32)9-12-30(13-10-25)23(31)19-2-3-19/h4-7,19,22H,2-3,8-18H2,1H3/t22-/m0/s1. The molecule has 0 bridgehead atoms. The van der Waals surface area contributed by atoms with Gasteiger partial charge in [-0.25, -0.2) is 4.39 Å². The molecule has 4 aliphatic rings. The summed E-state index contributed by atoms with van der Waals surface area (Å²) in [6, 6.07) is 7.05. The van der Waals surface area contributed by atoms with Gasteiger partial charge in [0.25, 0.3) is 0 Å². The van der Waals surface area contributed by atoms with Crippen molar-refractivity contribution in [3.63, 3.8) is 0 Å². The Morgan fingerprint density at radius 2 is 1.69 bits per heavy atom. The van der Waals surface area contributed by atoms with Crippen molar-refractivity contribution < 1.29 is 14.0 Å². The van der Waals surface area contributed by atoms with Crippen LogP contribution in [0.3, 0.4) is 0 Å². The molecule has 5 rings (SSSR count). The lowest BCUT2D eigenvalue weighted by Gasteiger charge is -2.38. The quantitative estimate of drug-likeness (QED) is 0.703. The van der Waals surface area contributed by atoms with Gasteiger partial charge in [0.2, 0.25) is 11.8 Å². The molecular formula is C25H35FN4O2. The summed E-state index contributed by atoms with van der Waals surface area (Å²) in [5.41, 5.74) is 0.835. The second-order valence-electron chi connectivity index (χ2n) is 10.2. The number of likely N-dealkylation sites (tertiary alicyclic amines) is 2. The van der Waals surface area contributed by atoms with Crippen molar-refractivity contribution in [2.45, 2.75) is 44.6 Å². The summed E-state index contributed by atoms with van der Waals surface area (Å²) < 4.78 is 13.2. The third-order valence-corrected chi connectivity index (χ3v) is 8.25. The predicted molar refractivity (Wildman–Crippen MR) is 122 cm³/mol. The summed E-state index contributed by atoms with van der Waals surface area (Å²) in [4.78, 5) is 34.3. The highest BCUT2D eigenvalue weighted by molar-refractivity contribution is 5.86. The van der Waals surface area contributed by atoms with Crippen LogP contribution in [-0.2, 0) is 9.59 Å². The zero-order valence-electron chi connectivity index (χ0n) is 19.1. The number of halogens is 1. The number of carbonyl (C=O) groups excluding carboxylic acids is 2. The molecule has 0 N–H and O–H groups in total. The fourth-order valence-electron chi connectivity index (χ4n) is 5.89. The molecule has 174 valence electrons. The molecule has 3 saturated heterocycles. The largest absolute Gasteiger partial charge is 0.369 e. The number of hydrogen-bond donors (Lipinski definition) is 0. The number of amides is 2. The highest BCUT2D eigenvalue weighted by Gasteiger charge is 2.52. The maximum absolute atomic E-state index is 13.2. The first-order valence-electron chi connectivity index (χ1n) is 12.2. The Kier molecular flexibility index (Phi) is 5.86. The van der Waals surface area contributed by atoms with Gasteiger partial charge < -0.3 is 14.7 Å². The van der Waals surface area contributed by atoms with Gasteiger partial charge in [0.1, 0.15) is 5.82 Å². The molecule has 1 atom stereocenters. The minimum atomic E-state index is -0.249. The molecule has 0 unspecified atom stereocenters. The van der Waals surface area contributed by atoms with E-state index >= 15 is 0 Å². The second kappa shape index (κ2) is 8.65. The number of hydrogen-bond acceptors (Lipinski definition) is 4. The van der Waals surface area contributed by atoms with E-state index in [1.807, 2.05) is 29.0 Å². The summed E-state index contributed by atoms with van der Waals surface area (Å²) in [7, 11) is 1.97. The summed E-state index contributed by atoms with van der Waals surface area (Å²) in [6.45, 7) is 6.36. The molecule has 1 aromatic rings. The lowest BCUT2D eigenvalue weighted by atomic mass is 9.75. The number of nitrogens with zero attached hydrogens (tertiary/aromatic N) is 4. The van der Waals surface area contributed by atoms with Crippen LogP contribution < -0.4 is 4.90 Å². The van der Waals surface area contributed by atoms with Crippen LogP contribution in [0.25, 0.3) is 0 Å². The molecule has 3 heterocycles. The number of carbonyl (C=O) groups is 2. The van der Waals surface area contributed by atoms with E-state index in [1.54, 1.807) is 0 Å². The van der Waals surface area contributed by atoms with Crippen LogP contribution in [0.1, 0.15) is 38.5 Å². The summed E-state index contributed by atoms with van der Waals surface area (Å²) >= 11 is 0. The van der Waals surface area contributed by atoms with Crippen LogP contribution in [0.5, 0.6) is 0 Å². The smallest absolute Gasteiger partial charge is 0.228 e. The van der Waals surface area contributed by atoms with Crippen molar-refractivity contribution in [3.05, 3.63) is 30.1 Å². The van der Waals surface area contributed by atoms with Crippen LogP contribution >= 0.6 is 0 Å². The number of rotatable bonds is 5. The maximum atomic E-state index is 13.2. The molecule has 7 heteroatoms. The van der Waals surface area contributed by atoms with E-state index in [2.05, 4.69) is 9.80 Å². The van der Waals surface area contributed by atoms with Gasteiger partial charge in [-0.1, -0.05) is 0 Å². The molecular weight excluding hydrogens is 407 g/mol. The van der Waals surface area contributed by atoms with Crippen molar-refractivity contribution in [1.82, 2.24) is 14.7 Å². The van der Waals surface area contributed by atoms with Gasteiger partial charge in [0, 0.05) is 70.5 Å². The van der Waals surface area contributed by atoms with E-state index in [0.717, 1.165) is 90.0 Å². The predicted octanol–water partition coefficient (Wildman–Crippen LogP) is 2.59. The molecule has 1 spiro atoms. The highest BCUT2D eigenvalue weighted by atomic mass is 19.1. The van der Waals surface area contributed by atoms with Crippen LogP contribution in [0.15, 0.2) is 24.3 Å². The molecule has 32 heavy (non-hydrogen) atoms. The Hall–Kier alpha value is -2.15. The third-order valence-electron chi connectivity index (χ3n) is 8.25. The number of piperazine rings is 1. The number of benzene rings is 1. The Balaban J connectivity index is 1.10. The van der Waals surface area contributed by atoms with Gasteiger partial charge in [-0.3, -0.25) is 14.5 Å². The van der Waals surface area contributed by atoms with Gasteiger partial charge in [-0.2, -0.15) is 0 Å². The number of anilines is 1.